The Hall–Kier alpha value is -4.89. The van der Waals surface area contributed by atoms with Crippen LogP contribution in [-0.2, 0) is 15.7 Å². The first-order valence-corrected chi connectivity index (χ1v) is 14.3. The van der Waals surface area contributed by atoms with Gasteiger partial charge in [-0.2, -0.15) is 31.4 Å². The zero-order valence-electron chi connectivity index (χ0n) is 24.7. The Morgan fingerprint density at radius 1 is 1.02 bits per heavy atom. The van der Waals surface area contributed by atoms with Crippen LogP contribution in [0.1, 0.15) is 46.2 Å². The maximum absolute atomic E-state index is 13.8. The number of nitrogens with zero attached hydrogens (tertiary/aromatic N) is 2. The summed E-state index contributed by atoms with van der Waals surface area (Å²) in [4.78, 5) is 39.7. The first-order chi connectivity index (χ1) is 22.1. The Balaban J connectivity index is 1.48. The molecular formula is C31H27F7N4O5. The third-order valence-electron chi connectivity index (χ3n) is 8.17. The van der Waals surface area contributed by atoms with Crippen LogP contribution in [0.3, 0.4) is 0 Å². The number of nitrogens with one attached hydrogen (secondary N) is 2. The summed E-state index contributed by atoms with van der Waals surface area (Å²) in [6, 6.07) is 6.23. The van der Waals surface area contributed by atoms with Gasteiger partial charge < -0.3 is 20.1 Å². The lowest BCUT2D eigenvalue weighted by atomic mass is 9.83. The molecule has 2 saturated carbocycles. The molecule has 250 valence electrons. The van der Waals surface area contributed by atoms with Gasteiger partial charge in [-0.25, -0.2) is 13.9 Å². The van der Waals surface area contributed by atoms with Gasteiger partial charge in [0.25, 0.3) is 5.91 Å². The molecule has 2 aliphatic carbocycles. The molecule has 2 unspecified atom stereocenters. The van der Waals surface area contributed by atoms with Crippen LogP contribution in [0.2, 0.25) is 0 Å². The van der Waals surface area contributed by atoms with Crippen LogP contribution in [0, 0.1) is 23.6 Å². The Kier molecular flexibility index (Phi) is 9.06. The van der Waals surface area contributed by atoms with Crippen LogP contribution < -0.4 is 15.4 Å². The number of allylic oxidation sites excluding steroid dienone is 1. The molecule has 0 spiro atoms. The zero-order valence-corrected chi connectivity index (χ0v) is 24.7. The molecule has 2 N–H and O–H groups in total. The third kappa shape index (κ3) is 6.81. The van der Waals surface area contributed by atoms with Gasteiger partial charge in [-0.15, -0.1) is 0 Å². The van der Waals surface area contributed by atoms with Crippen molar-refractivity contribution >= 4 is 23.5 Å². The zero-order chi connectivity index (χ0) is 34.3. The average molecular weight is 669 g/mol. The summed E-state index contributed by atoms with van der Waals surface area (Å²) >= 11 is 0. The summed E-state index contributed by atoms with van der Waals surface area (Å²) in [7, 11) is 1.28. The predicted octanol–water partition coefficient (Wildman–Crippen LogP) is 6.10. The van der Waals surface area contributed by atoms with Crippen molar-refractivity contribution in [1.29, 1.82) is 0 Å². The van der Waals surface area contributed by atoms with Gasteiger partial charge in [-0.05, 0) is 68.1 Å². The van der Waals surface area contributed by atoms with Crippen molar-refractivity contribution in [1.82, 2.24) is 15.1 Å². The fourth-order valence-electron chi connectivity index (χ4n) is 6.33. The Morgan fingerprint density at radius 3 is 2.40 bits per heavy atom. The van der Waals surface area contributed by atoms with Crippen LogP contribution in [-0.4, -0.2) is 53.5 Å². The second-order valence-electron chi connectivity index (χ2n) is 10.9. The van der Waals surface area contributed by atoms with E-state index in [1.807, 2.05) is 0 Å². The molecule has 1 aromatic heterocycles. The minimum Gasteiger partial charge on any atom is -0.496 e. The largest absolute Gasteiger partial charge is 0.496 e. The number of methoxy groups -OCH3 is 1. The van der Waals surface area contributed by atoms with E-state index in [4.69, 9.17) is 9.47 Å². The number of anilines is 1. The third-order valence-corrected chi connectivity index (χ3v) is 8.17. The number of benzene rings is 2. The molecular weight excluding hydrogens is 641 g/mol. The maximum Gasteiger partial charge on any atom is 0.419 e. The summed E-state index contributed by atoms with van der Waals surface area (Å²) in [6.07, 6.45) is -8.03. The lowest BCUT2D eigenvalue weighted by Crippen LogP contribution is -2.48. The second kappa shape index (κ2) is 12.7. The fraction of sp³-hybridized carbons (Fsp3) is 0.355. The van der Waals surface area contributed by atoms with Crippen molar-refractivity contribution in [2.24, 2.45) is 17.8 Å². The summed E-state index contributed by atoms with van der Waals surface area (Å²) < 4.78 is 106. The monoisotopic (exact) mass is 668 g/mol. The predicted molar refractivity (Wildman–Crippen MR) is 151 cm³/mol. The molecule has 1 heterocycles. The number of esters is 1. The highest BCUT2D eigenvalue weighted by molar-refractivity contribution is 5.99. The maximum atomic E-state index is 13.8. The van der Waals surface area contributed by atoms with Gasteiger partial charge in [-0.1, -0.05) is 5.57 Å². The van der Waals surface area contributed by atoms with E-state index in [-0.39, 0.29) is 53.8 Å². The van der Waals surface area contributed by atoms with Crippen molar-refractivity contribution in [2.45, 2.75) is 38.2 Å². The molecule has 0 radical (unpaired) electrons. The molecule has 5 rings (SSSR count). The van der Waals surface area contributed by atoms with Crippen molar-refractivity contribution in [3.63, 3.8) is 0 Å². The highest BCUT2D eigenvalue weighted by Gasteiger charge is 2.55. The Bertz CT molecular complexity index is 1730. The number of fused-ring (bicyclic) bond motifs is 2. The highest BCUT2D eigenvalue weighted by Crippen LogP contribution is 2.54. The van der Waals surface area contributed by atoms with Crippen LogP contribution >= 0.6 is 0 Å². The molecule has 0 saturated heterocycles. The summed E-state index contributed by atoms with van der Waals surface area (Å²) in [6.45, 7) is 1.71. The topological polar surface area (TPSA) is 112 Å². The summed E-state index contributed by atoms with van der Waals surface area (Å²) in [5.74, 6) is -7.22. The van der Waals surface area contributed by atoms with Gasteiger partial charge in [0.05, 0.1) is 42.6 Å². The van der Waals surface area contributed by atoms with Gasteiger partial charge >= 0.3 is 18.3 Å². The number of amides is 2. The van der Waals surface area contributed by atoms with Gasteiger partial charge in [0.1, 0.15) is 11.6 Å². The molecule has 3 aromatic rings. The molecule has 2 fully saturated rings. The van der Waals surface area contributed by atoms with E-state index in [1.165, 1.54) is 42.3 Å². The first-order valence-electron chi connectivity index (χ1n) is 14.3. The smallest absolute Gasteiger partial charge is 0.419 e. The number of aromatic nitrogens is 2. The Morgan fingerprint density at radius 2 is 1.74 bits per heavy atom. The highest BCUT2D eigenvalue weighted by atomic mass is 19.4. The molecule has 0 aliphatic heterocycles. The van der Waals surface area contributed by atoms with Gasteiger partial charge in [0.2, 0.25) is 5.91 Å². The SMILES string of the molecule is CCOC(=O)c1ccnn1-c1ccc(OC)c(C(=O)N[C@@H]2C3CCC(/C3=C/C(F)(F)F)[C@@H]2C(=O)Nc2ccc(F)c(C(F)(F)F)c2)c1. The van der Waals surface area contributed by atoms with E-state index in [9.17, 15) is 45.1 Å². The molecule has 2 aromatic carbocycles. The molecule has 4 atom stereocenters. The van der Waals surface area contributed by atoms with E-state index >= 15 is 0 Å². The number of halogens is 7. The van der Waals surface area contributed by atoms with Crippen LogP contribution in [0.4, 0.5) is 36.4 Å². The van der Waals surface area contributed by atoms with Crippen molar-refractivity contribution in [3.8, 4) is 11.4 Å². The molecule has 47 heavy (non-hydrogen) atoms. The van der Waals surface area contributed by atoms with Gasteiger partial charge in [-0.3, -0.25) is 9.59 Å². The first kappa shape index (κ1) is 33.5. The summed E-state index contributed by atoms with van der Waals surface area (Å²) in [5.41, 5.74) is -2.00. The van der Waals surface area contributed by atoms with E-state index in [0.29, 0.717) is 12.1 Å². The number of carbonyl (C=O) groups excluding carboxylic acids is 3. The van der Waals surface area contributed by atoms with E-state index in [0.717, 1.165) is 6.07 Å². The number of hydrogen-bond donors (Lipinski definition) is 2. The molecule has 2 bridgehead atoms. The van der Waals surface area contributed by atoms with Crippen molar-refractivity contribution in [3.05, 3.63) is 82.9 Å². The van der Waals surface area contributed by atoms with Crippen LogP contribution in [0.25, 0.3) is 5.69 Å². The van der Waals surface area contributed by atoms with E-state index in [2.05, 4.69) is 15.7 Å². The number of alkyl halides is 6. The fourth-order valence-corrected chi connectivity index (χ4v) is 6.33. The molecule has 2 aliphatic rings. The summed E-state index contributed by atoms with van der Waals surface area (Å²) in [5, 5.41) is 9.03. The molecule has 16 heteroatoms. The standard InChI is InChI=1S/C31H27F7N4O5/c1-3-47-29(45)23-10-11-39-42(23)16-5-9-24(46-2)19(13-16)27(43)41-26-18-7-6-17(20(18)14-30(33,34)35)25(26)28(44)40-15-4-8-22(32)21(12-15)31(36,37)38/h4-5,8-14,17-18,25-26H,3,6-7H2,1-2H3,(H,40,44)(H,41,43)/b20-14-/t17?,18?,25-,26+/m0/s1. The lowest BCUT2D eigenvalue weighted by Gasteiger charge is -2.30. The number of ether oxygens (including phenoxy) is 2. The minimum absolute atomic E-state index is 0.0459. The number of hydrogen-bond acceptors (Lipinski definition) is 6. The van der Waals surface area contributed by atoms with Crippen LogP contribution in [0.15, 0.2) is 60.3 Å². The lowest BCUT2D eigenvalue weighted by molar-refractivity contribution is -0.140. The van der Waals surface area contributed by atoms with Crippen LogP contribution in [0.5, 0.6) is 5.75 Å². The normalized spacial score (nSPS) is 21.5. The number of rotatable bonds is 8. The average Bonchev–Trinajstić information content (AvgIpc) is 3.70. The second-order valence-corrected chi connectivity index (χ2v) is 10.9. The quantitative estimate of drug-likeness (QED) is 0.171. The molecule has 2 amide bonds. The van der Waals surface area contributed by atoms with Crippen molar-refractivity contribution < 1.29 is 54.6 Å². The number of carbonyl (C=O) groups is 3. The van der Waals surface area contributed by atoms with Crippen molar-refractivity contribution in [2.75, 3.05) is 19.0 Å². The van der Waals surface area contributed by atoms with Gasteiger partial charge in [0.15, 0.2) is 5.69 Å². The van der Waals surface area contributed by atoms with Gasteiger partial charge in [0, 0.05) is 23.7 Å². The van der Waals surface area contributed by atoms with E-state index in [1.54, 1.807) is 6.92 Å². The van der Waals surface area contributed by atoms with E-state index < -0.39 is 71.0 Å². The minimum atomic E-state index is -5.07. The molecule has 9 nitrogen and oxygen atoms in total. The Labute approximate surface area is 262 Å².